The summed E-state index contributed by atoms with van der Waals surface area (Å²) in [4.78, 5) is 30.4. The van der Waals surface area contributed by atoms with E-state index >= 15 is 0 Å². The Kier molecular flexibility index (Phi) is 9.17. The Labute approximate surface area is 231 Å². The van der Waals surface area contributed by atoms with Crippen LogP contribution in [0.1, 0.15) is 62.8 Å². The van der Waals surface area contributed by atoms with Gasteiger partial charge in [-0.3, -0.25) is 9.59 Å². The molecule has 0 aliphatic carbocycles. The summed E-state index contributed by atoms with van der Waals surface area (Å²) in [7, 11) is 3.94. The molecule has 2 aromatic carbocycles. The molecule has 0 unspecified atom stereocenters. The van der Waals surface area contributed by atoms with Crippen LogP contribution in [-0.4, -0.2) is 73.1 Å². The van der Waals surface area contributed by atoms with Crippen LogP contribution < -0.4 is 14.2 Å². The van der Waals surface area contributed by atoms with Crippen LogP contribution in [0.3, 0.4) is 0 Å². The maximum absolute atomic E-state index is 13.4. The highest BCUT2D eigenvalue weighted by Gasteiger charge is 2.46. The van der Waals surface area contributed by atoms with Gasteiger partial charge < -0.3 is 29.1 Å². The van der Waals surface area contributed by atoms with Gasteiger partial charge >= 0.3 is 0 Å². The molecule has 0 spiro atoms. The lowest BCUT2D eigenvalue weighted by Crippen LogP contribution is -2.32. The number of fused-ring (bicyclic) bond motifs is 1. The molecule has 0 saturated carbocycles. The van der Waals surface area contributed by atoms with Crippen molar-refractivity contribution in [2.24, 2.45) is 0 Å². The number of rotatable bonds is 12. The van der Waals surface area contributed by atoms with Gasteiger partial charge in [0.05, 0.1) is 24.8 Å². The zero-order chi connectivity index (χ0) is 28.1. The third kappa shape index (κ3) is 6.22. The number of likely N-dealkylation sites (tertiary alicyclic amines) is 1. The average molecular weight is 537 g/mol. The third-order valence-corrected chi connectivity index (χ3v) is 7.05. The Morgan fingerprint density at radius 2 is 1.87 bits per heavy atom. The van der Waals surface area contributed by atoms with Crippen LogP contribution in [0.2, 0.25) is 0 Å². The van der Waals surface area contributed by atoms with E-state index in [0.29, 0.717) is 48.8 Å². The number of ether oxygens (including phenoxy) is 3. The first-order valence-corrected chi connectivity index (χ1v) is 13.9. The topological polar surface area (TPSA) is 88.5 Å². The summed E-state index contributed by atoms with van der Waals surface area (Å²) in [6, 6.07) is 10.1. The number of carbonyl (C=O) groups excluding carboxylic acids is 2. The van der Waals surface area contributed by atoms with E-state index < -0.39 is 17.7 Å². The van der Waals surface area contributed by atoms with Crippen LogP contribution in [0, 0.1) is 0 Å². The molecule has 210 valence electrons. The Morgan fingerprint density at radius 1 is 1.08 bits per heavy atom. The zero-order valence-corrected chi connectivity index (χ0v) is 23.7. The van der Waals surface area contributed by atoms with Gasteiger partial charge in [-0.15, -0.1) is 0 Å². The first-order valence-electron chi connectivity index (χ1n) is 13.9. The minimum absolute atomic E-state index is 0.0507. The second-order valence-corrected chi connectivity index (χ2v) is 10.4. The monoisotopic (exact) mass is 536 g/mol. The summed E-state index contributed by atoms with van der Waals surface area (Å²) in [6.45, 7) is 8.12. The quantitative estimate of drug-likeness (QED) is 0.178. The summed E-state index contributed by atoms with van der Waals surface area (Å²) >= 11 is 0. The fraction of sp³-hybridized carbons (Fsp3) is 0.484. The van der Waals surface area contributed by atoms with Gasteiger partial charge in [-0.2, -0.15) is 0 Å². The molecule has 1 N–H and O–H groups in total. The highest BCUT2D eigenvalue weighted by Crippen LogP contribution is 2.43. The van der Waals surface area contributed by atoms with Crippen molar-refractivity contribution in [1.29, 1.82) is 0 Å². The standard InChI is InChI=1S/C31H40N2O6/c1-6-8-16-38-25-13-10-21(19-26(25)37-7-2)28-27(30(35)31(36)33(28)15-9-14-32(4)5)29(34)22-11-12-24-23(18-22)17-20(3)39-24/h10-13,18-20,28,34H,6-9,14-17H2,1-5H3/t20-,28-/m0/s1. The fourth-order valence-electron chi connectivity index (χ4n) is 5.15. The normalized spacial score (nSPS) is 19.9. The number of Topliss-reactive ketones (excluding diaryl/α,β-unsaturated/α-hetero) is 1. The Morgan fingerprint density at radius 3 is 2.59 bits per heavy atom. The van der Waals surface area contributed by atoms with Gasteiger partial charge in [0.1, 0.15) is 17.6 Å². The van der Waals surface area contributed by atoms with Gasteiger partial charge in [0, 0.05) is 18.5 Å². The molecule has 0 bridgehead atoms. The van der Waals surface area contributed by atoms with E-state index in [1.165, 1.54) is 0 Å². The molecule has 1 saturated heterocycles. The highest BCUT2D eigenvalue weighted by atomic mass is 16.5. The van der Waals surface area contributed by atoms with E-state index in [1.54, 1.807) is 11.0 Å². The van der Waals surface area contributed by atoms with Crippen LogP contribution in [0.25, 0.3) is 5.76 Å². The van der Waals surface area contributed by atoms with E-state index in [1.807, 2.05) is 63.2 Å². The van der Waals surface area contributed by atoms with Crippen molar-refractivity contribution in [3.05, 3.63) is 58.7 Å². The number of amides is 1. The van der Waals surface area contributed by atoms with Gasteiger partial charge in [-0.1, -0.05) is 19.4 Å². The van der Waals surface area contributed by atoms with E-state index in [-0.39, 0.29) is 17.4 Å². The largest absolute Gasteiger partial charge is 0.507 e. The van der Waals surface area contributed by atoms with Crippen molar-refractivity contribution in [3.63, 3.8) is 0 Å². The maximum Gasteiger partial charge on any atom is 0.295 e. The van der Waals surface area contributed by atoms with Gasteiger partial charge in [-0.25, -0.2) is 0 Å². The van der Waals surface area contributed by atoms with Crippen molar-refractivity contribution in [2.75, 3.05) is 40.4 Å². The smallest absolute Gasteiger partial charge is 0.295 e. The minimum atomic E-state index is -0.750. The van der Waals surface area contributed by atoms with Crippen molar-refractivity contribution < 1.29 is 28.9 Å². The lowest BCUT2D eigenvalue weighted by Gasteiger charge is -2.26. The molecular weight excluding hydrogens is 496 g/mol. The fourth-order valence-corrected chi connectivity index (χ4v) is 5.15. The Balaban J connectivity index is 1.78. The molecular formula is C31H40N2O6. The Bertz CT molecular complexity index is 1240. The summed E-state index contributed by atoms with van der Waals surface area (Å²) in [5.41, 5.74) is 2.23. The second-order valence-electron chi connectivity index (χ2n) is 10.4. The molecule has 2 aromatic rings. The minimum Gasteiger partial charge on any atom is -0.507 e. The van der Waals surface area contributed by atoms with Crippen molar-refractivity contribution in [2.45, 2.75) is 58.6 Å². The average Bonchev–Trinajstić information content (AvgIpc) is 3.40. The molecule has 4 rings (SSSR count). The van der Waals surface area contributed by atoms with Crippen LogP contribution >= 0.6 is 0 Å². The van der Waals surface area contributed by atoms with Crippen LogP contribution in [0.5, 0.6) is 17.2 Å². The van der Waals surface area contributed by atoms with E-state index in [9.17, 15) is 14.7 Å². The van der Waals surface area contributed by atoms with Gasteiger partial charge in [0.2, 0.25) is 0 Å². The molecule has 39 heavy (non-hydrogen) atoms. The van der Waals surface area contributed by atoms with E-state index in [4.69, 9.17) is 14.2 Å². The summed E-state index contributed by atoms with van der Waals surface area (Å²) in [5.74, 6) is 0.463. The van der Waals surface area contributed by atoms with Crippen LogP contribution in [0.4, 0.5) is 0 Å². The second kappa shape index (κ2) is 12.6. The highest BCUT2D eigenvalue weighted by molar-refractivity contribution is 6.46. The Hall–Kier alpha value is -3.52. The molecule has 0 radical (unpaired) electrons. The van der Waals surface area contributed by atoms with Gasteiger partial charge in [0.25, 0.3) is 11.7 Å². The molecule has 2 heterocycles. The van der Waals surface area contributed by atoms with Gasteiger partial charge in [0.15, 0.2) is 11.5 Å². The number of nitrogens with zero attached hydrogens (tertiary/aromatic N) is 2. The summed E-state index contributed by atoms with van der Waals surface area (Å²) in [6.07, 6.45) is 3.38. The van der Waals surface area contributed by atoms with Crippen molar-refractivity contribution >= 4 is 17.4 Å². The number of hydrogen-bond donors (Lipinski definition) is 1. The number of carbonyl (C=O) groups is 2. The molecule has 1 fully saturated rings. The number of aliphatic hydroxyl groups is 1. The van der Waals surface area contributed by atoms with E-state index in [0.717, 1.165) is 37.1 Å². The van der Waals surface area contributed by atoms with E-state index in [2.05, 4.69) is 6.92 Å². The lowest BCUT2D eigenvalue weighted by atomic mass is 9.94. The van der Waals surface area contributed by atoms with Crippen molar-refractivity contribution in [3.8, 4) is 17.2 Å². The number of unbranched alkanes of at least 4 members (excludes halogenated alkanes) is 1. The van der Waals surface area contributed by atoms with Crippen LogP contribution in [0.15, 0.2) is 42.0 Å². The molecule has 2 atom stereocenters. The molecule has 0 aromatic heterocycles. The molecule has 8 heteroatoms. The molecule has 2 aliphatic rings. The van der Waals surface area contributed by atoms with Crippen LogP contribution in [-0.2, 0) is 16.0 Å². The first kappa shape index (κ1) is 28.5. The SMILES string of the molecule is CCCCOc1ccc([C@H]2C(=C(O)c3ccc4c(c3)C[C@H](C)O4)C(=O)C(=O)N2CCCN(C)C)cc1OCC. The number of benzene rings is 2. The number of aliphatic hydroxyl groups excluding tert-OH is 1. The molecule has 8 nitrogen and oxygen atoms in total. The van der Waals surface area contributed by atoms with Crippen molar-refractivity contribution in [1.82, 2.24) is 9.80 Å². The molecule has 1 amide bonds. The summed E-state index contributed by atoms with van der Waals surface area (Å²) in [5, 5.41) is 11.5. The van der Waals surface area contributed by atoms with Gasteiger partial charge in [-0.05, 0) is 88.8 Å². The lowest BCUT2D eigenvalue weighted by molar-refractivity contribution is -0.139. The predicted molar refractivity (Wildman–Crippen MR) is 150 cm³/mol. The number of ketones is 1. The first-order chi connectivity index (χ1) is 18.7. The zero-order valence-electron chi connectivity index (χ0n) is 23.7. The summed E-state index contributed by atoms with van der Waals surface area (Å²) < 4.78 is 17.7. The maximum atomic E-state index is 13.4. The molecule has 2 aliphatic heterocycles. The third-order valence-electron chi connectivity index (χ3n) is 7.05. The predicted octanol–water partition coefficient (Wildman–Crippen LogP) is 4.96. The number of hydrogen-bond acceptors (Lipinski definition) is 7.